The van der Waals surface area contributed by atoms with Crippen molar-refractivity contribution in [2.24, 2.45) is 5.92 Å². The highest BCUT2D eigenvalue weighted by Crippen LogP contribution is 2.36. The topological polar surface area (TPSA) is 74.3 Å². The summed E-state index contributed by atoms with van der Waals surface area (Å²) in [6, 6.07) is 6.38. The van der Waals surface area contributed by atoms with Gasteiger partial charge in [0.2, 0.25) is 5.91 Å². The maximum absolute atomic E-state index is 13.6. The number of amides is 2. The molecule has 1 aliphatic rings. The minimum absolute atomic E-state index is 0.126. The van der Waals surface area contributed by atoms with E-state index < -0.39 is 29.4 Å². The Kier molecular flexibility index (Phi) is 7.32. The van der Waals surface area contributed by atoms with Gasteiger partial charge in [0.15, 0.2) is 0 Å². The second-order valence-corrected chi connectivity index (χ2v) is 7.67. The van der Waals surface area contributed by atoms with Crippen molar-refractivity contribution in [3.05, 3.63) is 59.0 Å². The summed E-state index contributed by atoms with van der Waals surface area (Å²) in [4.78, 5) is 30.0. The Morgan fingerprint density at radius 1 is 1.19 bits per heavy atom. The number of halogens is 4. The van der Waals surface area contributed by atoms with E-state index in [0.29, 0.717) is 24.9 Å². The first-order valence-electron chi connectivity index (χ1n) is 10.3. The fourth-order valence-electron chi connectivity index (χ4n) is 3.60. The molecule has 1 unspecified atom stereocenters. The van der Waals surface area contributed by atoms with Gasteiger partial charge in [-0.2, -0.15) is 13.2 Å². The lowest BCUT2D eigenvalue weighted by Crippen LogP contribution is -2.45. The second kappa shape index (κ2) is 9.97. The molecular weight excluding hydrogens is 428 g/mol. The van der Waals surface area contributed by atoms with Crippen LogP contribution in [0.1, 0.15) is 34.3 Å². The number of benzene rings is 1. The van der Waals surface area contributed by atoms with Gasteiger partial charge in [0.05, 0.1) is 11.5 Å². The molecule has 2 heterocycles. The van der Waals surface area contributed by atoms with Crippen LogP contribution in [0.4, 0.5) is 23.4 Å². The van der Waals surface area contributed by atoms with Crippen molar-refractivity contribution < 1.29 is 27.2 Å². The summed E-state index contributed by atoms with van der Waals surface area (Å²) in [6.07, 6.45) is -2.12. The van der Waals surface area contributed by atoms with E-state index in [4.69, 9.17) is 0 Å². The average Bonchev–Trinajstić information content (AvgIpc) is 2.77. The molecule has 172 valence electrons. The molecule has 0 radical (unpaired) electrons. The zero-order valence-corrected chi connectivity index (χ0v) is 17.5. The Bertz CT molecular complexity index is 981. The normalized spacial score (nSPS) is 16.5. The number of hydrogen-bond donors (Lipinski definition) is 2. The molecule has 0 saturated carbocycles. The van der Waals surface area contributed by atoms with Crippen molar-refractivity contribution in [1.29, 1.82) is 0 Å². The monoisotopic (exact) mass is 452 g/mol. The molecule has 1 saturated heterocycles. The third kappa shape index (κ3) is 5.74. The summed E-state index contributed by atoms with van der Waals surface area (Å²) >= 11 is 0. The zero-order valence-electron chi connectivity index (χ0n) is 17.5. The Labute approximate surface area is 183 Å². The van der Waals surface area contributed by atoms with Crippen molar-refractivity contribution in [3.63, 3.8) is 0 Å². The number of carbonyl (C=O) groups is 2. The van der Waals surface area contributed by atoms with Gasteiger partial charge in [-0.25, -0.2) is 9.37 Å². The van der Waals surface area contributed by atoms with Gasteiger partial charge in [-0.15, -0.1) is 0 Å². The van der Waals surface area contributed by atoms with E-state index in [9.17, 15) is 27.2 Å². The molecule has 32 heavy (non-hydrogen) atoms. The molecule has 10 heteroatoms. The van der Waals surface area contributed by atoms with Gasteiger partial charge in [0.1, 0.15) is 11.6 Å². The molecule has 0 bridgehead atoms. The number of aromatic nitrogens is 1. The van der Waals surface area contributed by atoms with Crippen molar-refractivity contribution in [3.8, 4) is 0 Å². The number of carbonyl (C=O) groups excluding carboxylic acids is 2. The van der Waals surface area contributed by atoms with Crippen LogP contribution in [0.3, 0.4) is 0 Å². The molecule has 2 N–H and O–H groups in total. The molecule has 1 fully saturated rings. The van der Waals surface area contributed by atoms with Gasteiger partial charge >= 0.3 is 6.18 Å². The lowest BCUT2D eigenvalue weighted by Gasteiger charge is -2.34. The highest BCUT2D eigenvalue weighted by Gasteiger charge is 2.37. The van der Waals surface area contributed by atoms with E-state index in [-0.39, 0.29) is 36.9 Å². The highest BCUT2D eigenvalue weighted by atomic mass is 19.4. The third-order valence-corrected chi connectivity index (χ3v) is 5.33. The van der Waals surface area contributed by atoms with Crippen LogP contribution >= 0.6 is 0 Å². The summed E-state index contributed by atoms with van der Waals surface area (Å²) in [5.41, 5.74) is -0.210. The first kappa shape index (κ1) is 23.5. The number of anilines is 1. The number of nitrogens with one attached hydrogen (secondary N) is 2. The van der Waals surface area contributed by atoms with Crippen LogP contribution in [0.25, 0.3) is 0 Å². The van der Waals surface area contributed by atoms with Crippen molar-refractivity contribution in [2.45, 2.75) is 25.9 Å². The number of alkyl halides is 3. The summed E-state index contributed by atoms with van der Waals surface area (Å²) in [6.45, 7) is 2.38. The average molecular weight is 452 g/mol. The summed E-state index contributed by atoms with van der Waals surface area (Å²) < 4.78 is 53.5. The van der Waals surface area contributed by atoms with Crippen LogP contribution in [-0.4, -0.2) is 43.0 Å². The first-order chi connectivity index (χ1) is 15.2. The maximum atomic E-state index is 13.6. The number of nitrogens with zero attached hydrogens (tertiary/aromatic N) is 2. The molecule has 6 nitrogen and oxygen atoms in total. The Hall–Kier alpha value is -3.17. The summed E-state index contributed by atoms with van der Waals surface area (Å²) in [5, 5.41) is 5.30. The van der Waals surface area contributed by atoms with E-state index in [1.807, 2.05) is 0 Å². The van der Waals surface area contributed by atoms with Crippen LogP contribution in [0.2, 0.25) is 0 Å². The molecule has 2 aromatic rings. The van der Waals surface area contributed by atoms with Crippen LogP contribution in [0.15, 0.2) is 36.5 Å². The number of pyridine rings is 1. The summed E-state index contributed by atoms with van der Waals surface area (Å²) in [5.74, 6) is -1.90. The standard InChI is InChI=1S/C22H24F4N4O2/c1-14-6-7-15(12-18(14)23)20(31)28-9-10-29-21(32)16-4-3-11-30(13-16)19-17(22(24,25)26)5-2-8-27-19/h2,5-8,12,16H,3-4,9-11,13H2,1H3,(H,28,31)(H,29,32). The van der Waals surface area contributed by atoms with Crippen LogP contribution in [0.5, 0.6) is 0 Å². The zero-order chi connectivity index (χ0) is 23.3. The fraction of sp³-hybridized carbons (Fsp3) is 0.409. The van der Waals surface area contributed by atoms with Gasteiger partial charge in [0, 0.05) is 37.9 Å². The van der Waals surface area contributed by atoms with Gasteiger partial charge in [-0.1, -0.05) is 6.07 Å². The first-order valence-corrected chi connectivity index (χ1v) is 10.3. The smallest absolute Gasteiger partial charge is 0.355 e. The largest absolute Gasteiger partial charge is 0.419 e. The predicted octanol–water partition coefficient (Wildman–Crippen LogP) is 3.31. The van der Waals surface area contributed by atoms with Crippen molar-refractivity contribution >= 4 is 17.6 Å². The molecule has 1 aromatic carbocycles. The highest BCUT2D eigenvalue weighted by molar-refractivity contribution is 5.94. The molecule has 2 amide bonds. The maximum Gasteiger partial charge on any atom is 0.419 e. The number of hydrogen-bond acceptors (Lipinski definition) is 4. The van der Waals surface area contributed by atoms with Crippen LogP contribution < -0.4 is 15.5 Å². The Morgan fingerprint density at radius 3 is 2.66 bits per heavy atom. The van der Waals surface area contributed by atoms with E-state index in [1.165, 1.54) is 29.3 Å². The lowest BCUT2D eigenvalue weighted by atomic mass is 9.96. The SMILES string of the molecule is Cc1ccc(C(=O)NCCNC(=O)C2CCCN(c3ncccc3C(F)(F)F)C2)cc1F. The molecule has 1 aromatic heterocycles. The number of aryl methyl sites for hydroxylation is 1. The predicted molar refractivity (Wildman–Crippen MR) is 111 cm³/mol. The van der Waals surface area contributed by atoms with Crippen LogP contribution in [-0.2, 0) is 11.0 Å². The Morgan fingerprint density at radius 2 is 1.94 bits per heavy atom. The second-order valence-electron chi connectivity index (χ2n) is 7.67. The van der Waals surface area contributed by atoms with Gasteiger partial charge < -0.3 is 15.5 Å². The van der Waals surface area contributed by atoms with E-state index in [0.717, 1.165) is 12.1 Å². The molecular formula is C22H24F4N4O2. The lowest BCUT2D eigenvalue weighted by molar-refractivity contribution is -0.137. The quantitative estimate of drug-likeness (QED) is 0.521. The third-order valence-electron chi connectivity index (χ3n) is 5.33. The molecule has 0 aliphatic carbocycles. The van der Waals surface area contributed by atoms with E-state index in [1.54, 1.807) is 6.92 Å². The van der Waals surface area contributed by atoms with Gasteiger partial charge in [-0.05, 0) is 49.6 Å². The van der Waals surface area contributed by atoms with E-state index in [2.05, 4.69) is 15.6 Å². The molecule has 0 spiro atoms. The summed E-state index contributed by atoms with van der Waals surface area (Å²) in [7, 11) is 0. The minimum Gasteiger partial charge on any atom is -0.355 e. The Balaban J connectivity index is 1.51. The van der Waals surface area contributed by atoms with Crippen molar-refractivity contribution in [2.75, 3.05) is 31.1 Å². The van der Waals surface area contributed by atoms with Gasteiger partial charge in [0.25, 0.3) is 5.91 Å². The molecule has 3 rings (SSSR count). The minimum atomic E-state index is -4.53. The number of rotatable bonds is 6. The van der Waals surface area contributed by atoms with Crippen molar-refractivity contribution in [1.82, 2.24) is 15.6 Å². The van der Waals surface area contributed by atoms with Crippen LogP contribution in [0, 0.1) is 18.7 Å². The number of piperidine rings is 1. The van der Waals surface area contributed by atoms with Gasteiger partial charge in [-0.3, -0.25) is 9.59 Å². The molecule has 1 aliphatic heterocycles. The van der Waals surface area contributed by atoms with E-state index >= 15 is 0 Å². The fourth-order valence-corrected chi connectivity index (χ4v) is 3.60. The molecule has 1 atom stereocenters.